The Morgan fingerprint density at radius 3 is 2.96 bits per heavy atom. The van der Waals surface area contributed by atoms with E-state index in [1.165, 1.54) is 0 Å². The van der Waals surface area contributed by atoms with Crippen LogP contribution in [0.3, 0.4) is 0 Å². The minimum absolute atomic E-state index is 0.159. The number of nitrogens with zero attached hydrogens (tertiary/aromatic N) is 4. The lowest BCUT2D eigenvalue weighted by molar-refractivity contribution is -0.117. The maximum absolute atomic E-state index is 12.4. The lowest BCUT2D eigenvalue weighted by atomic mass is 10.2. The van der Waals surface area contributed by atoms with E-state index >= 15 is 0 Å². The van der Waals surface area contributed by atoms with Gasteiger partial charge in [0.05, 0.1) is 19.3 Å². The number of amides is 1. The van der Waals surface area contributed by atoms with Gasteiger partial charge in [0.25, 0.3) is 0 Å². The highest BCUT2D eigenvalue weighted by atomic mass is 16.4. The van der Waals surface area contributed by atoms with Crippen LogP contribution >= 0.6 is 0 Å². The summed E-state index contributed by atoms with van der Waals surface area (Å²) in [6.45, 7) is 7.57. The first-order chi connectivity index (χ1) is 12.0. The van der Waals surface area contributed by atoms with E-state index in [0.29, 0.717) is 17.4 Å². The van der Waals surface area contributed by atoms with Crippen LogP contribution in [0, 0.1) is 32.1 Å². The number of nitrogens with one attached hydrogen (secondary N) is 1. The molecule has 0 bridgehead atoms. The van der Waals surface area contributed by atoms with Crippen LogP contribution in [-0.2, 0) is 11.3 Å². The molecule has 1 saturated heterocycles. The van der Waals surface area contributed by atoms with Crippen LogP contribution in [0.5, 0.6) is 0 Å². The van der Waals surface area contributed by atoms with Gasteiger partial charge in [-0.05, 0) is 45.7 Å². The molecule has 25 heavy (non-hydrogen) atoms. The molecule has 0 saturated carbocycles. The van der Waals surface area contributed by atoms with Gasteiger partial charge in [0, 0.05) is 17.8 Å². The quantitative estimate of drug-likeness (QED) is 0.902. The summed E-state index contributed by atoms with van der Waals surface area (Å²) in [5.41, 5.74) is 2.30. The Bertz CT molecular complexity index is 814. The second-order valence-corrected chi connectivity index (χ2v) is 6.65. The van der Waals surface area contributed by atoms with E-state index in [9.17, 15) is 10.1 Å². The molecule has 1 aliphatic heterocycles. The molecule has 0 radical (unpaired) electrons. The Hall–Kier alpha value is -2.59. The maximum atomic E-state index is 12.4. The van der Waals surface area contributed by atoms with Crippen LogP contribution in [0.1, 0.15) is 35.3 Å². The zero-order valence-electron chi connectivity index (χ0n) is 14.9. The molecule has 1 atom stereocenters. The second-order valence-electron chi connectivity index (χ2n) is 6.65. The molecular weight excluding hydrogens is 318 g/mol. The molecule has 0 aliphatic carbocycles. The zero-order valence-corrected chi connectivity index (χ0v) is 14.9. The van der Waals surface area contributed by atoms with E-state index in [0.717, 1.165) is 37.1 Å². The molecule has 3 heterocycles. The number of aryl methyl sites for hydroxylation is 2. The minimum atomic E-state index is -0.159. The first-order valence-corrected chi connectivity index (χ1v) is 8.51. The fourth-order valence-corrected chi connectivity index (χ4v) is 3.29. The summed E-state index contributed by atoms with van der Waals surface area (Å²) in [6, 6.07) is 2.39. The van der Waals surface area contributed by atoms with E-state index in [4.69, 9.17) is 4.42 Å². The largest absolute Gasteiger partial charge is 0.444 e. The predicted molar refractivity (Wildman–Crippen MR) is 93.1 cm³/mol. The number of nitriles is 1. The Morgan fingerprint density at radius 1 is 1.48 bits per heavy atom. The number of furan rings is 1. The summed E-state index contributed by atoms with van der Waals surface area (Å²) in [5.74, 6) is 0.745. The standard InChI is InChI=1S/C18H23N5O2/c1-12-8-20-23(9-12)10-15-5-4-6-22(15)11-17(24)21-18-16(7-19)13(2)14(3)25-18/h8-9,15H,4-6,10-11H2,1-3H3,(H,21,24)/t15-/m0/s1. The number of carbonyl (C=O) groups is 1. The molecule has 0 aromatic carbocycles. The van der Waals surface area contributed by atoms with E-state index in [2.05, 4.69) is 21.4 Å². The van der Waals surface area contributed by atoms with Gasteiger partial charge in [-0.1, -0.05) is 0 Å². The van der Waals surface area contributed by atoms with Gasteiger partial charge in [0.1, 0.15) is 17.4 Å². The van der Waals surface area contributed by atoms with Crippen molar-refractivity contribution in [3.63, 3.8) is 0 Å². The third-order valence-electron chi connectivity index (χ3n) is 4.76. The average Bonchev–Trinajstić information content (AvgIpc) is 3.23. The van der Waals surface area contributed by atoms with Crippen molar-refractivity contribution in [3.8, 4) is 6.07 Å². The average molecular weight is 341 g/mol. The summed E-state index contributed by atoms with van der Waals surface area (Å²) in [4.78, 5) is 14.6. The summed E-state index contributed by atoms with van der Waals surface area (Å²) < 4.78 is 7.44. The lowest BCUT2D eigenvalue weighted by Gasteiger charge is -2.23. The molecule has 132 valence electrons. The number of carbonyl (C=O) groups excluding carboxylic acids is 1. The van der Waals surface area contributed by atoms with Gasteiger partial charge in [-0.3, -0.25) is 19.7 Å². The van der Waals surface area contributed by atoms with Gasteiger partial charge in [0.15, 0.2) is 0 Å². The Labute approximate surface area is 147 Å². The zero-order chi connectivity index (χ0) is 18.0. The van der Waals surface area contributed by atoms with E-state index in [1.807, 2.05) is 30.9 Å². The van der Waals surface area contributed by atoms with Crippen LogP contribution in [0.25, 0.3) is 0 Å². The first kappa shape index (κ1) is 17.2. The van der Waals surface area contributed by atoms with Gasteiger partial charge in [-0.2, -0.15) is 10.4 Å². The van der Waals surface area contributed by atoms with Gasteiger partial charge >= 0.3 is 0 Å². The normalized spacial score (nSPS) is 17.6. The van der Waals surface area contributed by atoms with Crippen molar-refractivity contribution < 1.29 is 9.21 Å². The Balaban J connectivity index is 1.62. The molecule has 1 fully saturated rings. The second kappa shape index (κ2) is 7.11. The third kappa shape index (κ3) is 3.74. The summed E-state index contributed by atoms with van der Waals surface area (Å²) >= 11 is 0. The number of likely N-dealkylation sites (tertiary alicyclic amines) is 1. The Morgan fingerprint density at radius 2 is 2.28 bits per heavy atom. The summed E-state index contributed by atoms with van der Waals surface area (Å²) in [7, 11) is 0. The highest BCUT2D eigenvalue weighted by molar-refractivity contribution is 5.92. The molecule has 3 rings (SSSR count). The number of hydrogen-bond donors (Lipinski definition) is 1. The number of anilines is 1. The third-order valence-corrected chi connectivity index (χ3v) is 4.76. The van der Waals surface area contributed by atoms with Crippen molar-refractivity contribution in [3.05, 3.63) is 34.8 Å². The molecule has 2 aromatic heterocycles. The molecule has 1 N–H and O–H groups in total. The van der Waals surface area contributed by atoms with Crippen molar-refractivity contribution >= 4 is 11.8 Å². The van der Waals surface area contributed by atoms with Crippen molar-refractivity contribution in [2.75, 3.05) is 18.4 Å². The molecular formula is C18H23N5O2. The Kier molecular flexibility index (Phi) is 4.91. The molecule has 0 spiro atoms. The van der Waals surface area contributed by atoms with E-state index in [1.54, 1.807) is 6.92 Å². The van der Waals surface area contributed by atoms with E-state index in [-0.39, 0.29) is 18.3 Å². The lowest BCUT2D eigenvalue weighted by Crippen LogP contribution is -2.39. The molecule has 1 aliphatic rings. The van der Waals surface area contributed by atoms with Gasteiger partial charge < -0.3 is 4.42 Å². The molecule has 2 aromatic rings. The van der Waals surface area contributed by atoms with Crippen molar-refractivity contribution in [1.82, 2.24) is 14.7 Å². The smallest absolute Gasteiger partial charge is 0.240 e. The van der Waals surface area contributed by atoms with Crippen LogP contribution in [0.4, 0.5) is 5.88 Å². The minimum Gasteiger partial charge on any atom is -0.444 e. The predicted octanol–water partition coefficient (Wildman–Crippen LogP) is 2.38. The fourth-order valence-electron chi connectivity index (χ4n) is 3.29. The number of aromatic nitrogens is 2. The highest BCUT2D eigenvalue weighted by Gasteiger charge is 2.27. The van der Waals surface area contributed by atoms with Crippen LogP contribution < -0.4 is 5.32 Å². The number of rotatable bonds is 5. The van der Waals surface area contributed by atoms with Crippen molar-refractivity contribution in [2.45, 2.75) is 46.2 Å². The summed E-state index contributed by atoms with van der Waals surface area (Å²) in [6.07, 6.45) is 5.98. The molecule has 7 nitrogen and oxygen atoms in total. The molecule has 7 heteroatoms. The van der Waals surface area contributed by atoms with Crippen molar-refractivity contribution in [1.29, 1.82) is 5.26 Å². The SMILES string of the molecule is Cc1cnn(C[C@@H]2CCCN2CC(=O)Nc2oc(C)c(C)c2C#N)c1. The summed E-state index contributed by atoms with van der Waals surface area (Å²) in [5, 5.41) is 16.3. The fraction of sp³-hybridized carbons (Fsp3) is 0.500. The van der Waals surface area contributed by atoms with Crippen LogP contribution in [-0.4, -0.2) is 39.7 Å². The van der Waals surface area contributed by atoms with Gasteiger partial charge in [-0.15, -0.1) is 0 Å². The maximum Gasteiger partial charge on any atom is 0.240 e. The van der Waals surface area contributed by atoms with Crippen molar-refractivity contribution in [2.24, 2.45) is 0 Å². The first-order valence-electron chi connectivity index (χ1n) is 8.51. The highest BCUT2D eigenvalue weighted by Crippen LogP contribution is 2.25. The van der Waals surface area contributed by atoms with Crippen LogP contribution in [0.15, 0.2) is 16.8 Å². The monoisotopic (exact) mass is 341 g/mol. The molecule has 0 unspecified atom stereocenters. The van der Waals surface area contributed by atoms with Crippen LogP contribution in [0.2, 0.25) is 0 Å². The van der Waals surface area contributed by atoms with E-state index < -0.39 is 0 Å². The molecule has 1 amide bonds. The van der Waals surface area contributed by atoms with Gasteiger partial charge in [0.2, 0.25) is 11.8 Å². The topological polar surface area (TPSA) is 87.1 Å². The van der Waals surface area contributed by atoms with Gasteiger partial charge in [-0.25, -0.2) is 0 Å². The number of hydrogen-bond acceptors (Lipinski definition) is 5.